The number of rotatable bonds is 7. The Morgan fingerprint density at radius 3 is 2.46 bits per heavy atom. The molecule has 0 saturated heterocycles. The molecular weight excluding hydrogens is 353 g/mol. The molecule has 0 aliphatic heterocycles. The SMILES string of the molecule is CCNC(=NCC(C)C(=O)OC)NCC(O)c1cc(Cl)cc(Cl)c1. The third-order valence-electron chi connectivity index (χ3n) is 3.20. The van der Waals surface area contributed by atoms with Crippen LogP contribution in [0.4, 0.5) is 0 Å². The number of ether oxygens (including phenoxy) is 1. The molecule has 0 aromatic heterocycles. The minimum atomic E-state index is -0.803. The Hall–Kier alpha value is -1.50. The van der Waals surface area contributed by atoms with Gasteiger partial charge in [-0.2, -0.15) is 0 Å². The fraction of sp³-hybridized carbons (Fsp3) is 0.500. The maximum absolute atomic E-state index is 11.4. The van der Waals surface area contributed by atoms with Crippen LogP contribution < -0.4 is 10.6 Å². The zero-order valence-electron chi connectivity index (χ0n) is 14.0. The molecule has 0 fully saturated rings. The monoisotopic (exact) mass is 375 g/mol. The van der Waals surface area contributed by atoms with Crippen molar-refractivity contribution in [2.75, 3.05) is 26.7 Å². The van der Waals surface area contributed by atoms with Crippen LogP contribution in [0.15, 0.2) is 23.2 Å². The standard InChI is InChI=1S/C16H23Cl2N3O3/c1-4-19-16(20-8-10(2)15(23)24-3)21-9-14(22)11-5-12(17)7-13(18)6-11/h5-7,10,14,22H,4,8-9H2,1-3H3,(H2,19,20,21). The summed E-state index contributed by atoms with van der Waals surface area (Å²) in [5, 5.41) is 17.2. The number of halogens is 2. The van der Waals surface area contributed by atoms with Gasteiger partial charge in [-0.15, -0.1) is 0 Å². The molecule has 0 aliphatic rings. The van der Waals surface area contributed by atoms with Crippen LogP contribution in [-0.2, 0) is 9.53 Å². The van der Waals surface area contributed by atoms with Crippen LogP contribution in [0.3, 0.4) is 0 Å². The summed E-state index contributed by atoms with van der Waals surface area (Å²) in [4.78, 5) is 15.7. The number of esters is 1. The lowest BCUT2D eigenvalue weighted by Crippen LogP contribution is -2.40. The molecule has 2 atom stereocenters. The molecule has 0 bridgehead atoms. The van der Waals surface area contributed by atoms with E-state index in [9.17, 15) is 9.90 Å². The largest absolute Gasteiger partial charge is 0.469 e. The summed E-state index contributed by atoms with van der Waals surface area (Å²) in [6.45, 7) is 4.81. The maximum atomic E-state index is 11.4. The fourth-order valence-electron chi connectivity index (χ4n) is 1.92. The number of hydrogen-bond donors (Lipinski definition) is 3. The van der Waals surface area contributed by atoms with Crippen LogP contribution in [0.2, 0.25) is 10.0 Å². The van der Waals surface area contributed by atoms with Crippen LogP contribution in [-0.4, -0.2) is 43.8 Å². The van der Waals surface area contributed by atoms with E-state index in [4.69, 9.17) is 23.2 Å². The zero-order chi connectivity index (χ0) is 18.1. The first-order valence-corrected chi connectivity index (χ1v) is 8.37. The molecule has 134 valence electrons. The molecule has 0 aliphatic carbocycles. The number of nitrogens with zero attached hydrogens (tertiary/aromatic N) is 1. The van der Waals surface area contributed by atoms with E-state index in [1.165, 1.54) is 7.11 Å². The summed E-state index contributed by atoms with van der Waals surface area (Å²) in [6.07, 6.45) is -0.803. The molecule has 1 rings (SSSR count). The van der Waals surface area contributed by atoms with Crippen molar-refractivity contribution in [2.45, 2.75) is 20.0 Å². The molecule has 0 saturated carbocycles. The van der Waals surface area contributed by atoms with Crippen LogP contribution in [0.25, 0.3) is 0 Å². The van der Waals surface area contributed by atoms with Crippen molar-refractivity contribution in [3.05, 3.63) is 33.8 Å². The topological polar surface area (TPSA) is 83.0 Å². The zero-order valence-corrected chi connectivity index (χ0v) is 15.5. The van der Waals surface area contributed by atoms with Crippen molar-refractivity contribution in [1.29, 1.82) is 0 Å². The Kier molecular flexibility index (Phi) is 8.89. The van der Waals surface area contributed by atoms with Crippen LogP contribution >= 0.6 is 23.2 Å². The smallest absolute Gasteiger partial charge is 0.310 e. The molecule has 0 amide bonds. The number of methoxy groups -OCH3 is 1. The first-order chi connectivity index (χ1) is 11.4. The summed E-state index contributed by atoms with van der Waals surface area (Å²) in [6, 6.07) is 4.92. The Labute approximate surface area is 152 Å². The number of carbonyl (C=O) groups is 1. The number of aliphatic hydroxyl groups excluding tert-OH is 1. The van der Waals surface area contributed by atoms with E-state index < -0.39 is 6.10 Å². The summed E-state index contributed by atoms with van der Waals surface area (Å²) >= 11 is 11.9. The highest BCUT2D eigenvalue weighted by atomic mass is 35.5. The molecule has 0 heterocycles. The second-order valence-corrected chi connectivity index (χ2v) is 6.12. The van der Waals surface area contributed by atoms with E-state index in [1.807, 2.05) is 6.92 Å². The van der Waals surface area contributed by atoms with Gasteiger partial charge < -0.3 is 20.5 Å². The average Bonchev–Trinajstić information content (AvgIpc) is 2.55. The highest BCUT2D eigenvalue weighted by Crippen LogP contribution is 2.23. The van der Waals surface area contributed by atoms with Gasteiger partial charge in [0.05, 0.1) is 25.7 Å². The highest BCUT2D eigenvalue weighted by molar-refractivity contribution is 6.34. The molecule has 8 heteroatoms. The Balaban J connectivity index is 2.66. The molecule has 6 nitrogen and oxygen atoms in total. The highest BCUT2D eigenvalue weighted by Gasteiger charge is 2.14. The van der Waals surface area contributed by atoms with Gasteiger partial charge in [-0.1, -0.05) is 30.1 Å². The first kappa shape index (κ1) is 20.5. The Bertz CT molecular complexity index is 561. The lowest BCUT2D eigenvalue weighted by molar-refractivity contribution is -0.144. The number of guanidine groups is 1. The van der Waals surface area contributed by atoms with Gasteiger partial charge >= 0.3 is 5.97 Å². The van der Waals surface area contributed by atoms with Gasteiger partial charge in [0.25, 0.3) is 0 Å². The lowest BCUT2D eigenvalue weighted by Gasteiger charge is -2.16. The predicted octanol–water partition coefficient (Wildman–Crippen LogP) is 2.39. The van der Waals surface area contributed by atoms with Gasteiger partial charge in [0.2, 0.25) is 0 Å². The summed E-state index contributed by atoms with van der Waals surface area (Å²) in [5.41, 5.74) is 0.610. The lowest BCUT2D eigenvalue weighted by atomic mass is 10.1. The van der Waals surface area contributed by atoms with Crippen molar-refractivity contribution in [2.24, 2.45) is 10.9 Å². The van der Waals surface area contributed by atoms with E-state index in [0.717, 1.165) is 0 Å². The third kappa shape index (κ3) is 6.95. The maximum Gasteiger partial charge on any atom is 0.310 e. The van der Waals surface area contributed by atoms with E-state index in [2.05, 4.69) is 20.4 Å². The summed E-state index contributed by atoms with van der Waals surface area (Å²) < 4.78 is 4.67. The van der Waals surface area contributed by atoms with E-state index in [0.29, 0.717) is 28.1 Å². The molecule has 1 aromatic rings. The quantitative estimate of drug-likeness (QED) is 0.387. The number of carbonyl (C=O) groups excluding carboxylic acids is 1. The normalized spacial score (nSPS) is 14.0. The molecular formula is C16H23Cl2N3O3. The number of aliphatic imine (C=N–C) groups is 1. The second-order valence-electron chi connectivity index (χ2n) is 5.24. The van der Waals surface area contributed by atoms with Gasteiger partial charge in [0.15, 0.2) is 5.96 Å². The third-order valence-corrected chi connectivity index (χ3v) is 3.64. The summed E-state index contributed by atoms with van der Waals surface area (Å²) in [5.74, 6) is -0.161. The van der Waals surface area contributed by atoms with Crippen molar-refractivity contribution in [1.82, 2.24) is 10.6 Å². The van der Waals surface area contributed by atoms with E-state index >= 15 is 0 Å². The fourth-order valence-corrected chi connectivity index (χ4v) is 2.47. The van der Waals surface area contributed by atoms with E-state index in [-0.39, 0.29) is 25.0 Å². The second kappa shape index (κ2) is 10.4. The molecule has 0 radical (unpaired) electrons. The molecule has 3 N–H and O–H groups in total. The Morgan fingerprint density at radius 1 is 1.29 bits per heavy atom. The molecule has 0 spiro atoms. The van der Waals surface area contributed by atoms with Gasteiger partial charge in [-0.25, -0.2) is 0 Å². The minimum absolute atomic E-state index is 0.217. The van der Waals surface area contributed by atoms with Crippen molar-refractivity contribution < 1.29 is 14.6 Å². The van der Waals surface area contributed by atoms with Gasteiger partial charge in [-0.05, 0) is 30.7 Å². The first-order valence-electron chi connectivity index (χ1n) is 7.61. The number of benzene rings is 1. The number of hydrogen-bond acceptors (Lipinski definition) is 4. The predicted molar refractivity (Wildman–Crippen MR) is 96.6 cm³/mol. The van der Waals surface area contributed by atoms with Crippen molar-refractivity contribution in [3.63, 3.8) is 0 Å². The van der Waals surface area contributed by atoms with Crippen LogP contribution in [0.5, 0.6) is 0 Å². The molecule has 24 heavy (non-hydrogen) atoms. The van der Waals surface area contributed by atoms with Crippen LogP contribution in [0.1, 0.15) is 25.5 Å². The van der Waals surface area contributed by atoms with Gasteiger partial charge in [0.1, 0.15) is 0 Å². The minimum Gasteiger partial charge on any atom is -0.469 e. The van der Waals surface area contributed by atoms with E-state index in [1.54, 1.807) is 25.1 Å². The van der Waals surface area contributed by atoms with Gasteiger partial charge in [0, 0.05) is 23.1 Å². The van der Waals surface area contributed by atoms with Gasteiger partial charge in [-0.3, -0.25) is 9.79 Å². The molecule has 2 unspecified atom stereocenters. The summed E-state index contributed by atoms with van der Waals surface area (Å²) in [7, 11) is 1.35. The number of nitrogens with one attached hydrogen (secondary N) is 2. The number of aliphatic hydroxyl groups is 1. The van der Waals surface area contributed by atoms with Crippen molar-refractivity contribution in [3.8, 4) is 0 Å². The molecule has 1 aromatic carbocycles. The van der Waals surface area contributed by atoms with Crippen LogP contribution in [0, 0.1) is 5.92 Å². The van der Waals surface area contributed by atoms with Crippen molar-refractivity contribution >= 4 is 35.1 Å². The Morgan fingerprint density at radius 2 is 1.92 bits per heavy atom. The average molecular weight is 376 g/mol.